The fraction of sp³-hybridized carbons (Fsp3) is 0.273. The first-order chi connectivity index (χ1) is 14.7. The number of anilines is 1. The number of nitrogens with zero attached hydrogens (tertiary/aromatic N) is 4. The van der Waals surface area contributed by atoms with Crippen molar-refractivity contribution in [3.63, 3.8) is 0 Å². The Morgan fingerprint density at radius 3 is 2.67 bits per heavy atom. The topological polar surface area (TPSA) is 77.4 Å². The lowest BCUT2D eigenvalue weighted by Gasteiger charge is -2.31. The molecule has 1 atom stereocenters. The van der Waals surface area contributed by atoms with Crippen molar-refractivity contribution in [2.75, 3.05) is 17.8 Å². The van der Waals surface area contributed by atoms with Crippen molar-refractivity contribution >= 4 is 23.4 Å². The summed E-state index contributed by atoms with van der Waals surface area (Å²) in [6.07, 6.45) is 1.44. The highest BCUT2D eigenvalue weighted by Crippen LogP contribution is 2.44. The second-order valence-electron chi connectivity index (χ2n) is 6.53. The highest BCUT2D eigenvalue weighted by molar-refractivity contribution is 7.98. The number of fused-ring (bicyclic) bond motifs is 3. The van der Waals surface area contributed by atoms with Gasteiger partial charge in [-0.2, -0.15) is 4.98 Å². The SMILES string of the molecule is CCOc1ccccc1[C@@H]1Oc2nc(SC)nnc2-c2ccccc2N1C(=O)CC. The van der Waals surface area contributed by atoms with Crippen molar-refractivity contribution in [3.8, 4) is 22.9 Å². The van der Waals surface area contributed by atoms with E-state index in [1.807, 2.05) is 68.6 Å². The van der Waals surface area contributed by atoms with Crippen LogP contribution in [0.15, 0.2) is 53.7 Å². The van der Waals surface area contributed by atoms with Crippen LogP contribution in [0.2, 0.25) is 0 Å². The number of thioether (sulfide) groups is 1. The third kappa shape index (κ3) is 3.59. The molecule has 0 saturated carbocycles. The Bertz CT molecular complexity index is 1080. The van der Waals surface area contributed by atoms with Crippen LogP contribution in [0.5, 0.6) is 11.6 Å². The van der Waals surface area contributed by atoms with Crippen LogP contribution < -0.4 is 14.4 Å². The molecule has 1 amide bonds. The fourth-order valence-electron chi connectivity index (χ4n) is 3.41. The zero-order valence-corrected chi connectivity index (χ0v) is 17.8. The van der Waals surface area contributed by atoms with Crippen LogP contribution in [-0.2, 0) is 4.79 Å². The molecule has 8 heteroatoms. The summed E-state index contributed by atoms with van der Waals surface area (Å²) in [7, 11) is 0. The average molecular weight is 423 g/mol. The quantitative estimate of drug-likeness (QED) is 0.561. The van der Waals surface area contributed by atoms with Crippen LogP contribution in [0.4, 0.5) is 5.69 Å². The number of rotatable bonds is 5. The molecule has 0 N–H and O–H groups in total. The van der Waals surface area contributed by atoms with E-state index in [9.17, 15) is 4.79 Å². The Hall–Kier alpha value is -3.13. The summed E-state index contributed by atoms with van der Waals surface area (Å²) in [4.78, 5) is 19.4. The van der Waals surface area contributed by atoms with Crippen molar-refractivity contribution in [1.82, 2.24) is 15.2 Å². The van der Waals surface area contributed by atoms with E-state index in [0.717, 1.165) is 11.1 Å². The number of ether oxygens (including phenoxy) is 2. The molecule has 3 aromatic rings. The zero-order valence-electron chi connectivity index (χ0n) is 17.0. The van der Waals surface area contributed by atoms with Gasteiger partial charge in [-0.1, -0.05) is 49.0 Å². The lowest BCUT2D eigenvalue weighted by Crippen LogP contribution is -2.37. The molecule has 0 unspecified atom stereocenters. The molecule has 154 valence electrons. The van der Waals surface area contributed by atoms with Crippen LogP contribution in [-0.4, -0.2) is 34.0 Å². The summed E-state index contributed by atoms with van der Waals surface area (Å²) >= 11 is 1.38. The Labute approximate surface area is 179 Å². The fourth-order valence-corrected chi connectivity index (χ4v) is 3.71. The lowest BCUT2D eigenvalue weighted by atomic mass is 10.1. The minimum atomic E-state index is -0.756. The van der Waals surface area contributed by atoms with Crippen molar-refractivity contribution in [2.24, 2.45) is 0 Å². The van der Waals surface area contributed by atoms with E-state index in [4.69, 9.17) is 9.47 Å². The summed E-state index contributed by atoms with van der Waals surface area (Å²) in [6, 6.07) is 15.2. The molecule has 1 aromatic heterocycles. The first kappa shape index (κ1) is 20.2. The van der Waals surface area contributed by atoms with Crippen LogP contribution >= 0.6 is 11.8 Å². The first-order valence-electron chi connectivity index (χ1n) is 9.76. The van der Waals surface area contributed by atoms with Gasteiger partial charge in [-0.15, -0.1) is 10.2 Å². The van der Waals surface area contributed by atoms with Gasteiger partial charge in [0, 0.05) is 12.0 Å². The third-order valence-electron chi connectivity index (χ3n) is 4.75. The Balaban J connectivity index is 1.98. The molecule has 30 heavy (non-hydrogen) atoms. The minimum Gasteiger partial charge on any atom is -0.493 e. The molecule has 0 bridgehead atoms. The summed E-state index contributed by atoms with van der Waals surface area (Å²) in [5, 5.41) is 9.05. The molecule has 2 heterocycles. The number of hydrogen-bond acceptors (Lipinski definition) is 7. The van der Waals surface area contributed by atoms with Crippen LogP contribution in [0.1, 0.15) is 32.1 Å². The lowest BCUT2D eigenvalue weighted by molar-refractivity contribution is -0.120. The molecule has 0 spiro atoms. The van der Waals surface area contributed by atoms with Gasteiger partial charge in [0.25, 0.3) is 0 Å². The van der Waals surface area contributed by atoms with Gasteiger partial charge in [-0.3, -0.25) is 9.69 Å². The summed E-state index contributed by atoms with van der Waals surface area (Å²) in [5.41, 5.74) is 2.70. The predicted octanol–water partition coefficient (Wildman–Crippen LogP) is 4.49. The van der Waals surface area contributed by atoms with E-state index in [1.54, 1.807) is 4.90 Å². The maximum Gasteiger partial charge on any atom is 0.247 e. The predicted molar refractivity (Wildman–Crippen MR) is 116 cm³/mol. The minimum absolute atomic E-state index is 0.0791. The number of aromatic nitrogens is 3. The number of benzene rings is 2. The van der Waals surface area contributed by atoms with E-state index >= 15 is 0 Å². The van der Waals surface area contributed by atoms with Gasteiger partial charge in [0.1, 0.15) is 5.75 Å². The maximum absolute atomic E-state index is 13.2. The number of hydrogen-bond donors (Lipinski definition) is 0. The Kier molecular flexibility index (Phi) is 5.85. The molecular weight excluding hydrogens is 400 g/mol. The monoisotopic (exact) mass is 422 g/mol. The van der Waals surface area contributed by atoms with E-state index in [1.165, 1.54) is 11.8 Å². The van der Waals surface area contributed by atoms with Crippen LogP contribution in [0, 0.1) is 0 Å². The van der Waals surface area contributed by atoms with E-state index in [-0.39, 0.29) is 5.91 Å². The van der Waals surface area contributed by atoms with Gasteiger partial charge in [-0.25, -0.2) is 0 Å². The second-order valence-corrected chi connectivity index (χ2v) is 7.30. The van der Waals surface area contributed by atoms with Gasteiger partial charge in [0.2, 0.25) is 23.2 Å². The highest BCUT2D eigenvalue weighted by atomic mass is 32.2. The van der Waals surface area contributed by atoms with Crippen molar-refractivity contribution in [3.05, 3.63) is 54.1 Å². The molecule has 0 aliphatic carbocycles. The molecule has 1 aliphatic rings. The maximum atomic E-state index is 13.2. The molecular formula is C22H22N4O3S. The van der Waals surface area contributed by atoms with Crippen LogP contribution in [0.25, 0.3) is 11.3 Å². The number of carbonyl (C=O) groups is 1. The van der Waals surface area contributed by atoms with Gasteiger partial charge in [0.15, 0.2) is 5.69 Å². The van der Waals surface area contributed by atoms with Gasteiger partial charge in [-0.05, 0) is 31.4 Å². The normalized spacial score (nSPS) is 14.9. The number of para-hydroxylation sites is 2. The molecule has 4 rings (SSSR count). The summed E-state index contributed by atoms with van der Waals surface area (Å²) in [5.74, 6) is 0.918. The average Bonchev–Trinajstić information content (AvgIpc) is 2.93. The van der Waals surface area contributed by atoms with Crippen LogP contribution in [0.3, 0.4) is 0 Å². The number of amides is 1. The van der Waals surface area contributed by atoms with E-state index in [0.29, 0.717) is 41.2 Å². The number of carbonyl (C=O) groups excluding carboxylic acids is 1. The smallest absolute Gasteiger partial charge is 0.247 e. The third-order valence-corrected chi connectivity index (χ3v) is 5.29. The Morgan fingerprint density at radius 1 is 1.13 bits per heavy atom. The summed E-state index contributed by atoms with van der Waals surface area (Å²) in [6.45, 7) is 4.25. The second kappa shape index (κ2) is 8.71. The van der Waals surface area contributed by atoms with E-state index < -0.39 is 6.23 Å². The molecule has 1 aliphatic heterocycles. The van der Waals surface area contributed by atoms with Crippen molar-refractivity contribution in [1.29, 1.82) is 0 Å². The molecule has 0 radical (unpaired) electrons. The first-order valence-corrected chi connectivity index (χ1v) is 11.0. The van der Waals surface area contributed by atoms with E-state index in [2.05, 4.69) is 15.2 Å². The largest absolute Gasteiger partial charge is 0.493 e. The van der Waals surface area contributed by atoms with Crippen molar-refractivity contribution in [2.45, 2.75) is 31.7 Å². The standard InChI is InChI=1S/C22H22N4O3S/c1-4-18(27)26-16-12-8-6-10-14(16)19-20(23-22(30-3)25-24-19)29-21(26)15-11-7-9-13-17(15)28-5-2/h6-13,21H,4-5H2,1-3H3/t21-/m0/s1. The molecule has 0 saturated heterocycles. The molecule has 7 nitrogen and oxygen atoms in total. The zero-order chi connectivity index (χ0) is 21.1. The van der Waals surface area contributed by atoms with Gasteiger partial charge in [0.05, 0.1) is 17.9 Å². The van der Waals surface area contributed by atoms with Gasteiger partial charge < -0.3 is 9.47 Å². The van der Waals surface area contributed by atoms with Crippen molar-refractivity contribution < 1.29 is 14.3 Å². The molecule has 0 fully saturated rings. The molecule has 2 aromatic carbocycles. The summed E-state index contributed by atoms with van der Waals surface area (Å²) < 4.78 is 12.2. The highest BCUT2D eigenvalue weighted by Gasteiger charge is 2.36. The Morgan fingerprint density at radius 2 is 1.90 bits per heavy atom. The van der Waals surface area contributed by atoms with Gasteiger partial charge >= 0.3 is 0 Å².